The van der Waals surface area contributed by atoms with Crippen molar-refractivity contribution in [3.8, 4) is 5.75 Å². The molecule has 3 aliphatic carbocycles. The van der Waals surface area contributed by atoms with Crippen LogP contribution in [0.5, 0.6) is 5.75 Å². The number of carbonyl (C=O) groups excluding carboxylic acids is 2. The van der Waals surface area contributed by atoms with Crippen molar-refractivity contribution in [3.63, 3.8) is 0 Å². The Hall–Kier alpha value is -2.92. The van der Waals surface area contributed by atoms with E-state index in [0.717, 1.165) is 5.69 Å². The van der Waals surface area contributed by atoms with Gasteiger partial charge in [-0.2, -0.15) is 0 Å². The number of anilines is 1. The fraction of sp³-hybridized carbons (Fsp3) is 0.478. The molecule has 1 unspecified atom stereocenters. The van der Waals surface area contributed by atoms with Crippen molar-refractivity contribution >= 4 is 23.0 Å². The van der Waals surface area contributed by atoms with Gasteiger partial charge in [-0.25, -0.2) is 0 Å². The summed E-state index contributed by atoms with van der Waals surface area (Å²) in [5.41, 5.74) is 3.67. The van der Waals surface area contributed by atoms with Gasteiger partial charge < -0.3 is 36.2 Å². The number of nitrogens with zero attached hydrogens (tertiary/aromatic N) is 2. The summed E-state index contributed by atoms with van der Waals surface area (Å²) in [7, 11) is 6.82. The van der Waals surface area contributed by atoms with Gasteiger partial charge in [0.2, 0.25) is 5.78 Å². The minimum absolute atomic E-state index is 0.0934. The number of hydrogen-bond acceptors (Lipinski definition) is 10. The summed E-state index contributed by atoms with van der Waals surface area (Å²) in [4.78, 5) is 30.2. The molecular weight excluding hydrogens is 430 g/mol. The number of benzene rings is 1. The first-order chi connectivity index (χ1) is 15.3. The second-order valence-electron chi connectivity index (χ2n) is 9.43. The van der Waals surface area contributed by atoms with E-state index in [-0.39, 0.29) is 29.7 Å². The highest BCUT2D eigenvalue weighted by atomic mass is 16.4. The van der Waals surface area contributed by atoms with E-state index in [2.05, 4.69) is 0 Å². The van der Waals surface area contributed by atoms with E-state index in [4.69, 9.17) is 5.73 Å². The molecule has 0 amide bonds. The molecule has 4 rings (SSSR count). The van der Waals surface area contributed by atoms with Gasteiger partial charge in [0, 0.05) is 31.3 Å². The molecule has 5 atom stereocenters. The second-order valence-corrected chi connectivity index (χ2v) is 9.43. The molecule has 33 heavy (non-hydrogen) atoms. The number of aliphatic hydroxyl groups is 4. The summed E-state index contributed by atoms with van der Waals surface area (Å²) in [6.07, 6.45) is -1.53. The largest absolute Gasteiger partial charge is 0.508 e. The number of aromatic hydroxyl groups is 1. The average molecular weight is 459 g/mol. The van der Waals surface area contributed by atoms with Crippen LogP contribution >= 0.6 is 0 Å². The zero-order valence-corrected chi connectivity index (χ0v) is 18.9. The SMILES string of the molecule is CN(C)c1ccc(O)c2c1C[C@H]1C[C@H]3[C@H](N(C)C)C(=O)C(C(N)O)=C(O)[C@@]3(O)C(=O)C1=C2O. The van der Waals surface area contributed by atoms with Crippen molar-refractivity contribution in [3.05, 3.63) is 40.2 Å². The zero-order valence-electron chi connectivity index (χ0n) is 18.9. The Morgan fingerprint density at radius 2 is 1.76 bits per heavy atom. The number of fused-ring (bicyclic) bond motifs is 3. The van der Waals surface area contributed by atoms with Crippen molar-refractivity contribution in [1.82, 2.24) is 4.90 Å². The lowest BCUT2D eigenvalue weighted by molar-refractivity contribution is -0.154. The van der Waals surface area contributed by atoms with Crippen LogP contribution < -0.4 is 10.6 Å². The lowest BCUT2D eigenvalue weighted by Gasteiger charge is -2.50. The number of nitrogens with two attached hydrogens (primary N) is 1. The number of carbonyl (C=O) groups is 2. The lowest BCUT2D eigenvalue weighted by Crippen LogP contribution is -2.66. The van der Waals surface area contributed by atoms with Crippen LogP contribution in [0.2, 0.25) is 0 Å². The number of phenols is 1. The van der Waals surface area contributed by atoms with Crippen molar-refractivity contribution in [1.29, 1.82) is 0 Å². The van der Waals surface area contributed by atoms with E-state index in [1.165, 1.54) is 11.0 Å². The predicted molar refractivity (Wildman–Crippen MR) is 120 cm³/mol. The molecule has 7 N–H and O–H groups in total. The van der Waals surface area contributed by atoms with Crippen molar-refractivity contribution in [2.45, 2.75) is 30.7 Å². The topological polar surface area (TPSA) is 168 Å². The number of Topliss-reactive ketones (excluding diaryl/α,β-unsaturated/α-hetero) is 2. The molecule has 10 nitrogen and oxygen atoms in total. The van der Waals surface area contributed by atoms with Gasteiger partial charge in [-0.3, -0.25) is 14.5 Å². The van der Waals surface area contributed by atoms with Gasteiger partial charge in [-0.15, -0.1) is 0 Å². The van der Waals surface area contributed by atoms with Gasteiger partial charge >= 0.3 is 0 Å². The van der Waals surface area contributed by atoms with Crippen LogP contribution in [-0.4, -0.2) is 88.1 Å². The molecule has 10 heteroatoms. The van der Waals surface area contributed by atoms with Crippen molar-refractivity contribution in [2.24, 2.45) is 17.6 Å². The number of hydrogen-bond donors (Lipinski definition) is 6. The maximum absolute atomic E-state index is 13.7. The standard InChI is InChI=1S/C23H29N3O7/c1-25(2)12-5-6-13(27)15-10(12)7-9-8-11-17(26(3)4)19(29)16(22(24)32)21(31)23(11,33)20(30)14(9)18(15)28/h5-6,9,11,17,22,27-28,31-33H,7-8,24H2,1-4H3/t9-,11-,17-,22?,23-/m0/s1. The molecule has 0 saturated heterocycles. The normalized spacial score (nSPS) is 30.2. The Morgan fingerprint density at radius 1 is 1.12 bits per heavy atom. The third-order valence-electron chi connectivity index (χ3n) is 7.15. The van der Waals surface area contributed by atoms with Crippen LogP contribution in [-0.2, 0) is 16.0 Å². The molecule has 1 fully saturated rings. The van der Waals surface area contributed by atoms with Gasteiger partial charge in [0.25, 0.3) is 0 Å². The molecular formula is C23H29N3O7. The summed E-state index contributed by atoms with van der Waals surface area (Å²) >= 11 is 0. The van der Waals surface area contributed by atoms with Crippen LogP contribution in [0, 0.1) is 11.8 Å². The second kappa shape index (κ2) is 7.56. The van der Waals surface area contributed by atoms with Gasteiger partial charge in [-0.05, 0) is 50.6 Å². The number of aliphatic hydroxyl groups excluding tert-OH is 3. The molecule has 1 aromatic rings. The van der Waals surface area contributed by atoms with Gasteiger partial charge in [-0.1, -0.05) is 0 Å². The molecule has 0 aromatic heterocycles. The molecule has 0 radical (unpaired) electrons. The minimum atomic E-state index is -2.56. The molecule has 0 aliphatic heterocycles. The number of ketones is 2. The maximum atomic E-state index is 13.7. The third-order valence-corrected chi connectivity index (χ3v) is 7.15. The fourth-order valence-corrected chi connectivity index (χ4v) is 5.72. The van der Waals surface area contributed by atoms with Crippen molar-refractivity contribution in [2.75, 3.05) is 33.1 Å². The van der Waals surface area contributed by atoms with Crippen molar-refractivity contribution < 1.29 is 35.1 Å². The maximum Gasteiger partial charge on any atom is 0.202 e. The Labute approximate surface area is 190 Å². The highest BCUT2D eigenvalue weighted by Gasteiger charge is 2.64. The molecule has 1 saturated carbocycles. The van der Waals surface area contributed by atoms with Crippen LogP contribution in [0.1, 0.15) is 17.5 Å². The number of likely N-dealkylation sites (N-methyl/N-ethyl adjacent to an activating group) is 1. The zero-order chi connectivity index (χ0) is 24.6. The summed E-state index contributed by atoms with van der Waals surface area (Å²) in [6.45, 7) is 0. The molecule has 0 heterocycles. The third kappa shape index (κ3) is 3.02. The summed E-state index contributed by atoms with van der Waals surface area (Å²) in [6, 6.07) is 2.09. The smallest absolute Gasteiger partial charge is 0.202 e. The fourth-order valence-electron chi connectivity index (χ4n) is 5.72. The van der Waals surface area contributed by atoms with E-state index < -0.39 is 58.4 Å². The number of rotatable bonds is 3. The van der Waals surface area contributed by atoms with Crippen LogP contribution in [0.4, 0.5) is 5.69 Å². The van der Waals surface area contributed by atoms with E-state index >= 15 is 0 Å². The Balaban J connectivity index is 1.98. The predicted octanol–water partition coefficient (Wildman–Crippen LogP) is -0.178. The summed E-state index contributed by atoms with van der Waals surface area (Å²) < 4.78 is 0. The summed E-state index contributed by atoms with van der Waals surface area (Å²) in [5, 5.41) is 54.0. The molecule has 1 aromatic carbocycles. The Morgan fingerprint density at radius 3 is 2.30 bits per heavy atom. The lowest BCUT2D eigenvalue weighted by atomic mass is 9.57. The van der Waals surface area contributed by atoms with Gasteiger partial charge in [0.15, 0.2) is 11.4 Å². The van der Waals surface area contributed by atoms with Crippen LogP contribution in [0.25, 0.3) is 5.76 Å². The highest BCUT2D eigenvalue weighted by Crippen LogP contribution is 2.53. The van der Waals surface area contributed by atoms with Crippen LogP contribution in [0.15, 0.2) is 29.0 Å². The number of phenolic OH excluding ortho intramolecular Hbond substituents is 1. The minimum Gasteiger partial charge on any atom is -0.508 e. The quantitative estimate of drug-likeness (QED) is 0.334. The van der Waals surface area contributed by atoms with Gasteiger partial charge in [0.1, 0.15) is 23.5 Å². The Bertz CT molecular complexity index is 1120. The van der Waals surface area contributed by atoms with Gasteiger partial charge in [0.05, 0.1) is 17.2 Å². The molecule has 178 valence electrons. The molecule has 0 spiro atoms. The first kappa shape index (κ1) is 23.2. The highest BCUT2D eigenvalue weighted by molar-refractivity contribution is 6.14. The molecule has 3 aliphatic rings. The first-order valence-corrected chi connectivity index (χ1v) is 10.6. The van der Waals surface area contributed by atoms with E-state index in [1.54, 1.807) is 20.2 Å². The first-order valence-electron chi connectivity index (χ1n) is 10.6. The van der Waals surface area contributed by atoms with E-state index in [1.807, 2.05) is 19.0 Å². The average Bonchev–Trinajstić information content (AvgIpc) is 2.70. The monoisotopic (exact) mass is 459 g/mol. The Kier molecular flexibility index (Phi) is 5.32. The molecule has 0 bridgehead atoms. The van der Waals surface area contributed by atoms with E-state index in [9.17, 15) is 35.1 Å². The van der Waals surface area contributed by atoms with Crippen LogP contribution in [0.3, 0.4) is 0 Å². The van der Waals surface area contributed by atoms with E-state index in [0.29, 0.717) is 5.56 Å². The summed E-state index contributed by atoms with van der Waals surface area (Å²) in [5.74, 6) is -4.94.